The van der Waals surface area contributed by atoms with Gasteiger partial charge in [-0.25, -0.2) is 0 Å². The quantitative estimate of drug-likeness (QED) is 0.412. The molecule has 3 heteroatoms. The smallest absolute Gasteiger partial charge is 0.172 e. The van der Waals surface area contributed by atoms with Crippen LogP contribution in [0.4, 0.5) is 0 Å². The highest BCUT2D eigenvalue weighted by molar-refractivity contribution is 7.91. The van der Waals surface area contributed by atoms with Gasteiger partial charge in [-0.3, -0.25) is 4.79 Å². The van der Waals surface area contributed by atoms with Gasteiger partial charge < -0.3 is 4.55 Å². The molecule has 0 N–H and O–H groups in total. The van der Waals surface area contributed by atoms with E-state index in [4.69, 9.17) is 0 Å². The Kier molecular flexibility index (Phi) is 3.91. The third-order valence-corrected chi connectivity index (χ3v) is 2.28. The number of carbonyl (C=O) groups is 1. The van der Waals surface area contributed by atoms with Gasteiger partial charge in [-0.15, -0.1) is 0 Å². The van der Waals surface area contributed by atoms with Crippen molar-refractivity contribution in [2.45, 2.75) is 18.6 Å². The largest absolute Gasteiger partial charge is 0.616 e. The molecule has 8 heavy (non-hydrogen) atoms. The van der Waals surface area contributed by atoms with Crippen molar-refractivity contribution < 1.29 is 9.35 Å². The Bertz CT molecular complexity index is 72.8. The van der Waals surface area contributed by atoms with Crippen LogP contribution in [0, 0.1) is 0 Å². The van der Waals surface area contributed by atoms with Crippen LogP contribution in [-0.4, -0.2) is 22.3 Å². The molecular formula is C5H10O2S. The lowest BCUT2D eigenvalue weighted by Gasteiger charge is -2.08. The number of aldehydes is 1. The number of rotatable bonds is 3. The molecule has 0 aliphatic rings. The van der Waals surface area contributed by atoms with Crippen molar-refractivity contribution in [3.05, 3.63) is 0 Å². The Morgan fingerprint density at radius 2 is 2.38 bits per heavy atom. The summed E-state index contributed by atoms with van der Waals surface area (Å²) in [6, 6.07) is 0. The molecule has 0 aromatic carbocycles. The van der Waals surface area contributed by atoms with Crippen molar-refractivity contribution in [1.82, 2.24) is 0 Å². The first kappa shape index (κ1) is 7.98. The lowest BCUT2D eigenvalue weighted by atomic mass is 10.4. The summed E-state index contributed by atoms with van der Waals surface area (Å²) in [5, 5.41) is -0.255. The lowest BCUT2D eigenvalue weighted by Crippen LogP contribution is -2.19. The van der Waals surface area contributed by atoms with E-state index in [0.29, 0.717) is 6.42 Å². The first-order chi connectivity index (χ1) is 3.72. The third kappa shape index (κ3) is 2.33. The molecule has 0 aromatic heterocycles. The molecule has 0 aliphatic heterocycles. The summed E-state index contributed by atoms with van der Waals surface area (Å²) in [6.45, 7) is 1.85. The summed E-state index contributed by atoms with van der Waals surface area (Å²) < 4.78 is 10.5. The molecule has 2 unspecified atom stereocenters. The Morgan fingerprint density at radius 1 is 1.88 bits per heavy atom. The Labute approximate surface area is 52.5 Å². The zero-order chi connectivity index (χ0) is 6.57. The lowest BCUT2D eigenvalue weighted by molar-refractivity contribution is -0.107. The van der Waals surface area contributed by atoms with E-state index in [1.54, 1.807) is 6.26 Å². The molecular weight excluding hydrogens is 124 g/mol. The van der Waals surface area contributed by atoms with Gasteiger partial charge in [-0.1, -0.05) is 6.92 Å². The monoisotopic (exact) mass is 134 g/mol. The zero-order valence-corrected chi connectivity index (χ0v) is 5.90. The van der Waals surface area contributed by atoms with Crippen LogP contribution in [0.5, 0.6) is 0 Å². The summed E-state index contributed by atoms with van der Waals surface area (Å²) in [5.41, 5.74) is 0. The summed E-state index contributed by atoms with van der Waals surface area (Å²) in [6.07, 6.45) is 2.96. The van der Waals surface area contributed by atoms with Crippen molar-refractivity contribution in [3.8, 4) is 0 Å². The van der Waals surface area contributed by atoms with Crippen molar-refractivity contribution in [1.29, 1.82) is 0 Å². The van der Waals surface area contributed by atoms with Gasteiger partial charge in [0.25, 0.3) is 0 Å². The van der Waals surface area contributed by atoms with Gasteiger partial charge in [0, 0.05) is 0 Å². The molecule has 0 bridgehead atoms. The second-order valence-electron chi connectivity index (χ2n) is 1.58. The second kappa shape index (κ2) is 3.92. The van der Waals surface area contributed by atoms with Crippen LogP contribution in [0.25, 0.3) is 0 Å². The SMILES string of the molecule is CCC(C=O)[S+](C)[O-]. The van der Waals surface area contributed by atoms with Gasteiger partial charge in [0.05, 0.1) is 6.26 Å². The Hall–Kier alpha value is -0.0200. The van der Waals surface area contributed by atoms with E-state index in [2.05, 4.69) is 0 Å². The summed E-state index contributed by atoms with van der Waals surface area (Å²) >= 11 is -0.971. The van der Waals surface area contributed by atoms with Crippen LogP contribution < -0.4 is 0 Å². The fraction of sp³-hybridized carbons (Fsp3) is 0.800. The molecule has 0 fully saturated rings. The van der Waals surface area contributed by atoms with Crippen molar-refractivity contribution in [2.75, 3.05) is 6.26 Å². The topological polar surface area (TPSA) is 40.1 Å². The molecule has 2 atom stereocenters. The highest BCUT2D eigenvalue weighted by Gasteiger charge is 2.12. The van der Waals surface area contributed by atoms with Crippen LogP contribution in [0.3, 0.4) is 0 Å². The van der Waals surface area contributed by atoms with Gasteiger partial charge in [0.15, 0.2) is 11.5 Å². The summed E-state index contributed by atoms with van der Waals surface area (Å²) in [4.78, 5) is 9.98. The number of hydrogen-bond donors (Lipinski definition) is 0. The fourth-order valence-electron chi connectivity index (χ4n) is 0.409. The van der Waals surface area contributed by atoms with Gasteiger partial charge in [-0.2, -0.15) is 0 Å². The Morgan fingerprint density at radius 3 is 2.38 bits per heavy atom. The molecule has 0 spiro atoms. The van der Waals surface area contributed by atoms with Crippen molar-refractivity contribution in [3.63, 3.8) is 0 Å². The number of hydrogen-bond acceptors (Lipinski definition) is 2. The van der Waals surface area contributed by atoms with E-state index in [1.807, 2.05) is 6.92 Å². The van der Waals surface area contributed by atoms with Crippen LogP contribution in [0.2, 0.25) is 0 Å². The maximum Gasteiger partial charge on any atom is 0.172 e. The average Bonchev–Trinajstić information content (AvgIpc) is 1.69. The first-order valence-corrected chi connectivity index (χ1v) is 4.12. The van der Waals surface area contributed by atoms with Crippen LogP contribution >= 0.6 is 0 Å². The zero-order valence-electron chi connectivity index (χ0n) is 5.09. The molecule has 0 rings (SSSR count). The average molecular weight is 134 g/mol. The Balaban J connectivity index is 3.51. The molecule has 0 aromatic rings. The standard InChI is InChI=1S/C5H10O2S/c1-3-5(4-6)8(2)7/h4-5H,3H2,1-2H3. The van der Waals surface area contributed by atoms with Gasteiger partial charge in [0.2, 0.25) is 0 Å². The highest BCUT2D eigenvalue weighted by atomic mass is 32.2. The fourth-order valence-corrected chi connectivity index (χ4v) is 1.04. The minimum Gasteiger partial charge on any atom is -0.616 e. The van der Waals surface area contributed by atoms with E-state index in [-0.39, 0.29) is 5.25 Å². The molecule has 0 radical (unpaired) electrons. The molecule has 0 aliphatic carbocycles. The summed E-state index contributed by atoms with van der Waals surface area (Å²) in [5.74, 6) is 0. The molecule has 2 nitrogen and oxygen atoms in total. The van der Waals surface area contributed by atoms with E-state index in [1.165, 1.54) is 0 Å². The second-order valence-corrected chi connectivity index (χ2v) is 3.18. The van der Waals surface area contributed by atoms with Gasteiger partial charge in [0.1, 0.15) is 0 Å². The normalized spacial score (nSPS) is 17.4. The predicted octanol–water partition coefficient (Wildman–Crippen LogP) is 0.342. The van der Waals surface area contributed by atoms with Gasteiger partial charge in [-0.05, 0) is 17.6 Å². The highest BCUT2D eigenvalue weighted by Crippen LogP contribution is 1.98. The minimum atomic E-state index is -0.971. The molecule has 0 heterocycles. The van der Waals surface area contributed by atoms with Crippen LogP contribution in [-0.2, 0) is 16.0 Å². The number of carbonyl (C=O) groups excluding carboxylic acids is 1. The molecule has 0 saturated carbocycles. The summed E-state index contributed by atoms with van der Waals surface area (Å²) in [7, 11) is 0. The van der Waals surface area contributed by atoms with E-state index >= 15 is 0 Å². The molecule has 0 amide bonds. The predicted molar refractivity (Wildman–Crippen MR) is 34.2 cm³/mol. The van der Waals surface area contributed by atoms with E-state index < -0.39 is 11.2 Å². The van der Waals surface area contributed by atoms with Crippen molar-refractivity contribution >= 4 is 17.5 Å². The molecule has 0 saturated heterocycles. The minimum absolute atomic E-state index is 0.255. The molecule has 48 valence electrons. The first-order valence-electron chi connectivity index (χ1n) is 2.50. The maximum absolute atomic E-state index is 10.5. The van der Waals surface area contributed by atoms with Crippen LogP contribution in [0.15, 0.2) is 0 Å². The van der Waals surface area contributed by atoms with Crippen molar-refractivity contribution in [2.24, 2.45) is 0 Å². The van der Waals surface area contributed by atoms with Gasteiger partial charge >= 0.3 is 0 Å². The van der Waals surface area contributed by atoms with E-state index in [9.17, 15) is 9.35 Å². The third-order valence-electron chi connectivity index (χ3n) is 0.980. The maximum atomic E-state index is 10.5. The van der Waals surface area contributed by atoms with Crippen LogP contribution in [0.1, 0.15) is 13.3 Å². The van der Waals surface area contributed by atoms with E-state index in [0.717, 1.165) is 6.29 Å².